The number of hydrogen-bond donors (Lipinski definition) is 1. The van der Waals surface area contributed by atoms with E-state index in [0.717, 1.165) is 31.4 Å². The lowest BCUT2D eigenvalue weighted by Gasteiger charge is -2.11. The highest BCUT2D eigenvalue weighted by molar-refractivity contribution is 6.32. The largest absolute Gasteiger partial charge is 0.495 e. The quantitative estimate of drug-likeness (QED) is 0.829. The van der Waals surface area contributed by atoms with Crippen LogP contribution in [0.5, 0.6) is 5.75 Å². The zero-order chi connectivity index (χ0) is 12.0. The van der Waals surface area contributed by atoms with Crippen molar-refractivity contribution in [3.05, 3.63) is 28.8 Å². The molecule has 3 heteroatoms. The molecule has 0 heterocycles. The monoisotopic (exact) mass is 241 g/mol. The molecule has 0 saturated heterocycles. The van der Waals surface area contributed by atoms with E-state index in [1.807, 2.05) is 18.2 Å². The molecule has 0 aliphatic heterocycles. The van der Waals surface area contributed by atoms with Gasteiger partial charge in [-0.05, 0) is 37.0 Å². The first-order valence-corrected chi connectivity index (χ1v) is 6.13. The molecule has 16 heavy (non-hydrogen) atoms. The first kappa shape index (κ1) is 13.3. The molecule has 0 aromatic heterocycles. The van der Waals surface area contributed by atoms with Crippen molar-refractivity contribution in [2.75, 3.05) is 7.11 Å². The second-order valence-electron chi connectivity index (χ2n) is 4.06. The Hall–Kier alpha value is -0.730. The van der Waals surface area contributed by atoms with Crippen molar-refractivity contribution >= 4 is 11.6 Å². The Morgan fingerprint density at radius 2 is 2.12 bits per heavy atom. The maximum absolute atomic E-state index is 5.98. The molecule has 0 fully saturated rings. The summed E-state index contributed by atoms with van der Waals surface area (Å²) in [4.78, 5) is 0. The van der Waals surface area contributed by atoms with Crippen LogP contribution in [-0.4, -0.2) is 13.2 Å². The van der Waals surface area contributed by atoms with Crippen molar-refractivity contribution in [3.63, 3.8) is 0 Å². The highest BCUT2D eigenvalue weighted by Crippen LogP contribution is 2.25. The van der Waals surface area contributed by atoms with Gasteiger partial charge in [-0.15, -0.1) is 0 Å². The standard InChI is InChI=1S/C13H20ClNO/c1-3-4-11(15)7-5-10-6-8-12(14)13(9-10)16-2/h6,8-9,11H,3-5,7,15H2,1-2H3. The maximum atomic E-state index is 5.98. The van der Waals surface area contributed by atoms with E-state index in [4.69, 9.17) is 22.1 Å². The molecule has 0 radical (unpaired) electrons. The number of methoxy groups -OCH3 is 1. The minimum atomic E-state index is 0.298. The molecule has 2 nitrogen and oxygen atoms in total. The van der Waals surface area contributed by atoms with Gasteiger partial charge in [0.1, 0.15) is 5.75 Å². The van der Waals surface area contributed by atoms with E-state index in [9.17, 15) is 0 Å². The van der Waals surface area contributed by atoms with Gasteiger partial charge in [-0.2, -0.15) is 0 Å². The van der Waals surface area contributed by atoms with Gasteiger partial charge in [0.05, 0.1) is 12.1 Å². The SMILES string of the molecule is CCCC(N)CCc1ccc(Cl)c(OC)c1. The van der Waals surface area contributed by atoms with E-state index in [-0.39, 0.29) is 0 Å². The molecule has 0 saturated carbocycles. The molecule has 0 spiro atoms. The fourth-order valence-corrected chi connectivity index (χ4v) is 1.92. The van der Waals surface area contributed by atoms with Gasteiger partial charge < -0.3 is 10.5 Å². The smallest absolute Gasteiger partial charge is 0.137 e. The summed E-state index contributed by atoms with van der Waals surface area (Å²) in [5.41, 5.74) is 7.20. The molecule has 90 valence electrons. The van der Waals surface area contributed by atoms with E-state index >= 15 is 0 Å². The third kappa shape index (κ3) is 4.03. The number of benzene rings is 1. The fraction of sp³-hybridized carbons (Fsp3) is 0.538. The van der Waals surface area contributed by atoms with E-state index in [0.29, 0.717) is 11.1 Å². The van der Waals surface area contributed by atoms with E-state index in [1.165, 1.54) is 5.56 Å². The second-order valence-corrected chi connectivity index (χ2v) is 4.46. The Balaban J connectivity index is 2.54. The predicted octanol–water partition coefficient (Wildman–Crippen LogP) is 3.41. The molecular weight excluding hydrogens is 222 g/mol. The Morgan fingerprint density at radius 1 is 1.38 bits per heavy atom. The van der Waals surface area contributed by atoms with Crippen molar-refractivity contribution in [1.29, 1.82) is 0 Å². The van der Waals surface area contributed by atoms with E-state index in [2.05, 4.69) is 6.92 Å². The highest BCUT2D eigenvalue weighted by Gasteiger charge is 2.05. The third-order valence-corrected chi connectivity index (χ3v) is 2.99. The minimum Gasteiger partial charge on any atom is -0.495 e. The summed E-state index contributed by atoms with van der Waals surface area (Å²) in [6.45, 7) is 2.16. The fourth-order valence-electron chi connectivity index (χ4n) is 1.73. The van der Waals surface area contributed by atoms with Gasteiger partial charge in [0.15, 0.2) is 0 Å². The third-order valence-electron chi connectivity index (χ3n) is 2.68. The normalized spacial score (nSPS) is 12.5. The lowest BCUT2D eigenvalue weighted by molar-refractivity contribution is 0.414. The second kappa shape index (κ2) is 6.77. The number of nitrogens with two attached hydrogens (primary N) is 1. The van der Waals surface area contributed by atoms with Gasteiger partial charge in [-0.25, -0.2) is 0 Å². The number of hydrogen-bond acceptors (Lipinski definition) is 2. The summed E-state index contributed by atoms with van der Waals surface area (Å²) in [7, 11) is 1.63. The Kier molecular flexibility index (Phi) is 5.64. The van der Waals surface area contributed by atoms with Gasteiger partial charge in [0, 0.05) is 6.04 Å². The molecule has 1 atom stereocenters. The van der Waals surface area contributed by atoms with Crippen LogP contribution < -0.4 is 10.5 Å². The van der Waals surface area contributed by atoms with Crippen LogP contribution in [0, 0.1) is 0 Å². The van der Waals surface area contributed by atoms with Crippen LogP contribution in [0.4, 0.5) is 0 Å². The summed E-state index contributed by atoms with van der Waals surface area (Å²) < 4.78 is 5.18. The minimum absolute atomic E-state index is 0.298. The topological polar surface area (TPSA) is 35.2 Å². The van der Waals surface area contributed by atoms with Crippen LogP contribution in [0.3, 0.4) is 0 Å². The summed E-state index contributed by atoms with van der Waals surface area (Å²) in [6, 6.07) is 6.19. The Labute approximate surface area is 103 Å². The summed E-state index contributed by atoms with van der Waals surface area (Å²) in [5.74, 6) is 0.739. The van der Waals surface area contributed by atoms with Crippen molar-refractivity contribution in [3.8, 4) is 5.75 Å². The van der Waals surface area contributed by atoms with Gasteiger partial charge in [-0.3, -0.25) is 0 Å². The van der Waals surface area contributed by atoms with E-state index < -0.39 is 0 Å². The molecule has 1 aromatic carbocycles. The molecule has 0 bridgehead atoms. The van der Waals surface area contributed by atoms with Crippen LogP contribution in [0.2, 0.25) is 5.02 Å². The Morgan fingerprint density at radius 3 is 2.75 bits per heavy atom. The molecule has 1 aromatic rings. The Bertz CT molecular complexity index is 328. The molecule has 1 rings (SSSR count). The lowest BCUT2D eigenvalue weighted by Crippen LogP contribution is -2.20. The highest BCUT2D eigenvalue weighted by atomic mass is 35.5. The van der Waals surface area contributed by atoms with Crippen molar-refractivity contribution in [2.45, 2.75) is 38.6 Å². The van der Waals surface area contributed by atoms with Crippen LogP contribution in [0.1, 0.15) is 31.7 Å². The maximum Gasteiger partial charge on any atom is 0.137 e. The first-order chi connectivity index (χ1) is 7.67. The van der Waals surface area contributed by atoms with Crippen molar-refractivity contribution in [2.24, 2.45) is 5.73 Å². The van der Waals surface area contributed by atoms with Gasteiger partial charge >= 0.3 is 0 Å². The summed E-state index contributed by atoms with van der Waals surface area (Å²) in [5, 5.41) is 0.657. The summed E-state index contributed by atoms with van der Waals surface area (Å²) >= 11 is 5.96. The lowest BCUT2D eigenvalue weighted by atomic mass is 10.0. The number of ether oxygens (including phenoxy) is 1. The predicted molar refractivity (Wildman–Crippen MR) is 69.2 cm³/mol. The van der Waals surface area contributed by atoms with Crippen LogP contribution >= 0.6 is 11.6 Å². The molecule has 0 aliphatic rings. The average molecular weight is 242 g/mol. The van der Waals surface area contributed by atoms with Gasteiger partial charge in [0.25, 0.3) is 0 Å². The van der Waals surface area contributed by atoms with Crippen LogP contribution in [-0.2, 0) is 6.42 Å². The molecule has 0 aliphatic carbocycles. The number of aryl methyl sites for hydroxylation is 1. The molecule has 1 unspecified atom stereocenters. The first-order valence-electron chi connectivity index (χ1n) is 5.75. The number of rotatable bonds is 6. The zero-order valence-electron chi connectivity index (χ0n) is 10.0. The van der Waals surface area contributed by atoms with Crippen molar-refractivity contribution in [1.82, 2.24) is 0 Å². The van der Waals surface area contributed by atoms with Crippen molar-refractivity contribution < 1.29 is 4.74 Å². The molecular formula is C13H20ClNO. The number of halogens is 1. The average Bonchev–Trinajstić information content (AvgIpc) is 2.28. The van der Waals surface area contributed by atoms with E-state index in [1.54, 1.807) is 7.11 Å². The summed E-state index contributed by atoms with van der Waals surface area (Å²) in [6.07, 6.45) is 4.23. The van der Waals surface area contributed by atoms with Crippen LogP contribution in [0.15, 0.2) is 18.2 Å². The van der Waals surface area contributed by atoms with Gasteiger partial charge in [-0.1, -0.05) is 31.0 Å². The van der Waals surface area contributed by atoms with Gasteiger partial charge in [0.2, 0.25) is 0 Å². The molecule has 0 amide bonds. The molecule has 2 N–H and O–H groups in total. The zero-order valence-corrected chi connectivity index (χ0v) is 10.8. The van der Waals surface area contributed by atoms with Crippen LogP contribution in [0.25, 0.3) is 0 Å².